The van der Waals surface area contributed by atoms with Gasteiger partial charge in [-0.25, -0.2) is 5.43 Å². The molecule has 2 amide bonds. The predicted octanol–water partition coefficient (Wildman–Crippen LogP) is 4.40. The Kier molecular flexibility index (Phi) is 9.14. The fourth-order valence-corrected chi connectivity index (χ4v) is 3.57. The van der Waals surface area contributed by atoms with Gasteiger partial charge in [-0.2, -0.15) is 5.10 Å². The van der Waals surface area contributed by atoms with Crippen LogP contribution in [0.2, 0.25) is 5.02 Å². The first-order valence-corrected chi connectivity index (χ1v) is 11.5. The summed E-state index contributed by atoms with van der Waals surface area (Å²) in [6.07, 6.45) is 1.56. The van der Waals surface area contributed by atoms with Crippen molar-refractivity contribution in [2.45, 2.75) is 20.4 Å². The number of carbonyl (C=O) groups is 2. The van der Waals surface area contributed by atoms with Crippen molar-refractivity contribution < 1.29 is 14.7 Å². The Bertz CT molecular complexity index is 1230. The molecule has 8 heteroatoms. The van der Waals surface area contributed by atoms with Gasteiger partial charge >= 0.3 is 0 Å². The molecule has 0 aliphatic heterocycles. The zero-order chi connectivity index (χ0) is 25.4. The van der Waals surface area contributed by atoms with Crippen LogP contribution in [0.15, 0.2) is 65.8 Å². The lowest BCUT2D eigenvalue weighted by Gasteiger charge is -2.15. The van der Waals surface area contributed by atoms with Crippen LogP contribution >= 0.6 is 11.6 Å². The van der Waals surface area contributed by atoms with E-state index in [4.69, 9.17) is 16.7 Å². The van der Waals surface area contributed by atoms with Crippen LogP contribution in [0.25, 0.3) is 0 Å². The topological polar surface area (TPSA) is 94.0 Å². The lowest BCUT2D eigenvalue weighted by molar-refractivity contribution is 0.0956. The van der Waals surface area contributed by atoms with Crippen LogP contribution in [-0.4, -0.2) is 48.2 Å². The predicted molar refractivity (Wildman–Crippen MR) is 140 cm³/mol. The van der Waals surface area contributed by atoms with Crippen LogP contribution in [0.5, 0.6) is 0 Å². The second-order valence-electron chi connectivity index (χ2n) is 8.35. The summed E-state index contributed by atoms with van der Waals surface area (Å²) in [7, 11) is 1.91. The van der Waals surface area contributed by atoms with Gasteiger partial charge in [0.1, 0.15) is 0 Å². The van der Waals surface area contributed by atoms with Gasteiger partial charge in [-0.05, 0) is 73.5 Å². The second kappa shape index (κ2) is 12.3. The highest BCUT2D eigenvalue weighted by Crippen LogP contribution is 2.22. The number of benzene rings is 3. The van der Waals surface area contributed by atoms with E-state index >= 15 is 0 Å². The average Bonchev–Trinajstić information content (AvgIpc) is 2.83. The summed E-state index contributed by atoms with van der Waals surface area (Å²) >= 11 is 6.11. The Hall–Kier alpha value is -3.52. The molecule has 0 unspecified atom stereocenters. The quantitative estimate of drug-likeness (QED) is 0.305. The standard InChI is InChI=1S/C27H29ClN4O3/c1-18-4-5-21(14-19(18)2)16-29-31-27(35)24-15-23(28)10-11-25(24)30-26(34)22-8-6-20(7-9-22)17-32(3)12-13-33/h4-11,14-16,33H,12-13,17H2,1-3H3,(H,30,34)(H,31,35). The zero-order valence-corrected chi connectivity index (χ0v) is 20.8. The summed E-state index contributed by atoms with van der Waals surface area (Å²) in [6.45, 7) is 5.35. The summed E-state index contributed by atoms with van der Waals surface area (Å²) in [4.78, 5) is 27.6. The van der Waals surface area contributed by atoms with Crippen LogP contribution in [-0.2, 0) is 6.54 Å². The van der Waals surface area contributed by atoms with Gasteiger partial charge in [-0.3, -0.25) is 14.5 Å². The third-order valence-electron chi connectivity index (χ3n) is 5.54. The van der Waals surface area contributed by atoms with Crippen molar-refractivity contribution >= 4 is 35.3 Å². The maximum atomic E-state index is 12.8. The van der Waals surface area contributed by atoms with Crippen LogP contribution in [0, 0.1) is 13.8 Å². The van der Waals surface area contributed by atoms with E-state index in [0.29, 0.717) is 29.4 Å². The summed E-state index contributed by atoms with van der Waals surface area (Å²) < 4.78 is 0. The van der Waals surface area contributed by atoms with Crippen LogP contribution in [0.3, 0.4) is 0 Å². The van der Waals surface area contributed by atoms with Gasteiger partial charge in [0.2, 0.25) is 0 Å². The van der Waals surface area contributed by atoms with E-state index in [1.807, 2.05) is 56.1 Å². The monoisotopic (exact) mass is 492 g/mol. The van der Waals surface area contributed by atoms with Crippen LogP contribution in [0.1, 0.15) is 43.0 Å². The lowest BCUT2D eigenvalue weighted by atomic mass is 10.1. The van der Waals surface area contributed by atoms with Gasteiger partial charge in [0.15, 0.2) is 0 Å². The van der Waals surface area contributed by atoms with Crippen molar-refractivity contribution in [1.29, 1.82) is 0 Å². The van der Waals surface area contributed by atoms with Crippen molar-refractivity contribution in [3.05, 3.63) is 99.1 Å². The molecule has 0 spiro atoms. The molecule has 0 saturated carbocycles. The zero-order valence-electron chi connectivity index (χ0n) is 20.0. The molecule has 0 bridgehead atoms. The Balaban J connectivity index is 1.69. The van der Waals surface area contributed by atoms with Gasteiger partial charge in [-0.15, -0.1) is 0 Å². The maximum Gasteiger partial charge on any atom is 0.273 e. The first-order valence-electron chi connectivity index (χ1n) is 11.2. The summed E-state index contributed by atoms with van der Waals surface area (Å²) in [5.41, 5.74) is 7.66. The number of likely N-dealkylation sites (N-methyl/N-ethyl adjacent to an activating group) is 1. The van der Waals surface area contributed by atoms with Crippen molar-refractivity contribution in [3.63, 3.8) is 0 Å². The number of amides is 2. The van der Waals surface area contributed by atoms with E-state index in [1.165, 1.54) is 11.6 Å². The Morgan fingerprint density at radius 2 is 1.74 bits per heavy atom. The number of nitrogens with zero attached hydrogens (tertiary/aromatic N) is 2. The fourth-order valence-electron chi connectivity index (χ4n) is 3.40. The summed E-state index contributed by atoms with van der Waals surface area (Å²) in [5, 5.41) is 16.2. The molecule has 0 atom stereocenters. The number of hydrazone groups is 1. The molecule has 0 radical (unpaired) electrons. The van der Waals surface area contributed by atoms with Crippen molar-refractivity contribution in [2.75, 3.05) is 25.5 Å². The number of hydrogen-bond acceptors (Lipinski definition) is 5. The van der Waals surface area contributed by atoms with E-state index in [9.17, 15) is 9.59 Å². The number of carbonyl (C=O) groups excluding carboxylic acids is 2. The van der Waals surface area contributed by atoms with Gasteiger partial charge in [0, 0.05) is 23.7 Å². The van der Waals surface area contributed by atoms with Crippen molar-refractivity contribution in [2.24, 2.45) is 5.10 Å². The number of aliphatic hydroxyl groups is 1. The number of hydrogen-bond donors (Lipinski definition) is 3. The molecule has 0 heterocycles. The lowest BCUT2D eigenvalue weighted by Crippen LogP contribution is -2.22. The molecule has 3 aromatic rings. The highest BCUT2D eigenvalue weighted by atomic mass is 35.5. The molecule has 0 saturated heterocycles. The third-order valence-corrected chi connectivity index (χ3v) is 5.77. The summed E-state index contributed by atoms with van der Waals surface area (Å²) in [6, 6.07) is 17.7. The number of aryl methyl sites for hydroxylation is 2. The van der Waals surface area contributed by atoms with Gasteiger partial charge < -0.3 is 10.4 Å². The molecule has 7 nitrogen and oxygen atoms in total. The summed E-state index contributed by atoms with van der Waals surface area (Å²) in [5.74, 6) is -0.847. The minimum Gasteiger partial charge on any atom is -0.395 e. The molecular formula is C27H29ClN4O3. The molecule has 0 aliphatic carbocycles. The smallest absolute Gasteiger partial charge is 0.273 e. The number of anilines is 1. The minimum absolute atomic E-state index is 0.0882. The van der Waals surface area contributed by atoms with Gasteiger partial charge in [0.25, 0.3) is 11.8 Å². The molecule has 3 rings (SSSR count). The number of nitrogens with one attached hydrogen (secondary N) is 2. The molecule has 35 heavy (non-hydrogen) atoms. The molecule has 0 aromatic heterocycles. The molecule has 0 fully saturated rings. The van der Waals surface area contributed by atoms with Crippen LogP contribution < -0.4 is 10.7 Å². The second-order valence-corrected chi connectivity index (χ2v) is 8.78. The highest BCUT2D eigenvalue weighted by Gasteiger charge is 2.15. The number of halogens is 1. The van der Waals surface area contributed by atoms with Crippen molar-refractivity contribution in [3.8, 4) is 0 Å². The van der Waals surface area contributed by atoms with E-state index in [0.717, 1.165) is 16.7 Å². The van der Waals surface area contributed by atoms with E-state index in [2.05, 4.69) is 15.8 Å². The molecule has 0 aliphatic rings. The largest absolute Gasteiger partial charge is 0.395 e. The van der Waals surface area contributed by atoms with Gasteiger partial charge in [0.05, 0.1) is 24.1 Å². The number of aliphatic hydroxyl groups excluding tert-OH is 1. The van der Waals surface area contributed by atoms with E-state index in [1.54, 1.807) is 30.5 Å². The van der Waals surface area contributed by atoms with E-state index < -0.39 is 5.91 Å². The molecule has 3 aromatic carbocycles. The normalized spacial score (nSPS) is 11.1. The first-order chi connectivity index (χ1) is 16.8. The highest BCUT2D eigenvalue weighted by molar-refractivity contribution is 6.31. The average molecular weight is 493 g/mol. The van der Waals surface area contributed by atoms with Gasteiger partial charge in [-0.1, -0.05) is 41.9 Å². The SMILES string of the molecule is Cc1ccc(C=NNC(=O)c2cc(Cl)ccc2NC(=O)c2ccc(CN(C)CCO)cc2)cc1C. The molecule has 3 N–H and O–H groups in total. The van der Waals surface area contributed by atoms with E-state index in [-0.39, 0.29) is 18.1 Å². The Morgan fingerprint density at radius 1 is 1.00 bits per heavy atom. The maximum absolute atomic E-state index is 12.8. The Morgan fingerprint density at radius 3 is 2.43 bits per heavy atom. The van der Waals surface area contributed by atoms with Crippen LogP contribution in [0.4, 0.5) is 5.69 Å². The first kappa shape index (κ1) is 26.1. The Labute approximate surface area is 210 Å². The number of rotatable bonds is 9. The third kappa shape index (κ3) is 7.48. The van der Waals surface area contributed by atoms with Crippen molar-refractivity contribution in [1.82, 2.24) is 10.3 Å². The minimum atomic E-state index is -0.495. The fraction of sp³-hybridized carbons (Fsp3) is 0.222. The molecular weight excluding hydrogens is 464 g/mol. The molecule has 182 valence electrons.